The molecule has 2 atom stereocenters. The van der Waals surface area contributed by atoms with Gasteiger partial charge in [0, 0.05) is 38.1 Å². The van der Waals surface area contributed by atoms with Crippen LogP contribution in [0.5, 0.6) is 5.75 Å². The van der Waals surface area contributed by atoms with Crippen LogP contribution in [0.1, 0.15) is 42.1 Å². The SMILES string of the molecule is COCCCN1C(=O)c2ccccc2NC1(C)c1cccc(OCC2CCCO2)c1. The first-order chi connectivity index (χ1) is 14.6. The van der Waals surface area contributed by atoms with Crippen LogP contribution in [0.25, 0.3) is 0 Å². The predicted octanol–water partition coefficient (Wildman–Crippen LogP) is 4.02. The summed E-state index contributed by atoms with van der Waals surface area (Å²) in [7, 11) is 1.68. The topological polar surface area (TPSA) is 60.0 Å². The molecule has 0 bridgehead atoms. The molecule has 2 aliphatic rings. The van der Waals surface area contributed by atoms with Gasteiger partial charge in [0.05, 0.1) is 11.7 Å². The largest absolute Gasteiger partial charge is 0.491 e. The lowest BCUT2D eigenvalue weighted by atomic mass is 9.93. The average molecular weight is 411 g/mol. The van der Waals surface area contributed by atoms with Crippen LogP contribution in [-0.2, 0) is 15.1 Å². The van der Waals surface area contributed by atoms with Gasteiger partial charge >= 0.3 is 0 Å². The zero-order valence-corrected chi connectivity index (χ0v) is 17.7. The molecule has 6 nitrogen and oxygen atoms in total. The van der Waals surface area contributed by atoms with E-state index in [2.05, 4.69) is 5.32 Å². The molecule has 2 aromatic rings. The van der Waals surface area contributed by atoms with Gasteiger partial charge in [0.2, 0.25) is 0 Å². The number of para-hydroxylation sites is 1. The molecule has 0 saturated carbocycles. The van der Waals surface area contributed by atoms with E-state index in [4.69, 9.17) is 14.2 Å². The number of hydrogen-bond donors (Lipinski definition) is 1. The number of hydrogen-bond acceptors (Lipinski definition) is 5. The molecule has 1 fully saturated rings. The maximum absolute atomic E-state index is 13.4. The van der Waals surface area contributed by atoms with Crippen molar-refractivity contribution < 1.29 is 19.0 Å². The number of nitrogens with zero attached hydrogens (tertiary/aromatic N) is 1. The van der Waals surface area contributed by atoms with Gasteiger partial charge < -0.3 is 24.4 Å². The van der Waals surface area contributed by atoms with Crippen LogP contribution in [0.15, 0.2) is 48.5 Å². The smallest absolute Gasteiger partial charge is 0.258 e. The second kappa shape index (κ2) is 9.06. The summed E-state index contributed by atoms with van der Waals surface area (Å²) in [5.74, 6) is 0.808. The Labute approximate surface area is 178 Å². The van der Waals surface area contributed by atoms with Crippen LogP contribution in [0, 0.1) is 0 Å². The second-order valence-electron chi connectivity index (χ2n) is 8.02. The van der Waals surface area contributed by atoms with Crippen molar-refractivity contribution in [1.82, 2.24) is 4.90 Å². The molecule has 6 heteroatoms. The van der Waals surface area contributed by atoms with Gasteiger partial charge in [-0.1, -0.05) is 24.3 Å². The predicted molar refractivity (Wildman–Crippen MR) is 116 cm³/mol. The Morgan fingerprint density at radius 1 is 1.23 bits per heavy atom. The number of nitrogens with one attached hydrogen (secondary N) is 1. The van der Waals surface area contributed by atoms with Crippen LogP contribution in [0.4, 0.5) is 5.69 Å². The van der Waals surface area contributed by atoms with E-state index in [1.165, 1.54) is 0 Å². The fourth-order valence-electron chi connectivity index (χ4n) is 4.23. The first-order valence-electron chi connectivity index (χ1n) is 10.6. The minimum absolute atomic E-state index is 0.0219. The Morgan fingerprint density at radius 2 is 2.10 bits per heavy atom. The summed E-state index contributed by atoms with van der Waals surface area (Å²) in [6.45, 7) is 4.60. The molecular formula is C24H30N2O4. The van der Waals surface area contributed by atoms with Crippen molar-refractivity contribution in [3.05, 3.63) is 59.7 Å². The minimum Gasteiger partial charge on any atom is -0.491 e. The first kappa shape index (κ1) is 20.7. The highest BCUT2D eigenvalue weighted by atomic mass is 16.5. The van der Waals surface area contributed by atoms with E-state index in [0.717, 1.165) is 42.9 Å². The van der Waals surface area contributed by atoms with Crippen molar-refractivity contribution in [1.29, 1.82) is 0 Å². The third-order valence-corrected chi connectivity index (χ3v) is 5.91. The lowest BCUT2D eigenvalue weighted by Crippen LogP contribution is -2.56. The molecular weight excluding hydrogens is 380 g/mol. The van der Waals surface area contributed by atoms with Crippen LogP contribution in [0.2, 0.25) is 0 Å². The third kappa shape index (κ3) is 4.16. The molecule has 2 aromatic carbocycles. The van der Waals surface area contributed by atoms with Crippen molar-refractivity contribution in [3.63, 3.8) is 0 Å². The highest BCUT2D eigenvalue weighted by Gasteiger charge is 2.42. The normalized spacial score (nSPS) is 23.2. The summed E-state index contributed by atoms with van der Waals surface area (Å²) < 4.78 is 16.9. The van der Waals surface area contributed by atoms with Gasteiger partial charge in [-0.15, -0.1) is 0 Å². The summed E-state index contributed by atoms with van der Waals surface area (Å²) in [4.78, 5) is 15.3. The minimum atomic E-state index is -0.692. The molecule has 1 amide bonds. The monoisotopic (exact) mass is 410 g/mol. The quantitative estimate of drug-likeness (QED) is 0.666. The van der Waals surface area contributed by atoms with Gasteiger partial charge in [0.25, 0.3) is 5.91 Å². The van der Waals surface area contributed by atoms with Gasteiger partial charge in [-0.3, -0.25) is 4.79 Å². The highest BCUT2D eigenvalue weighted by molar-refractivity contribution is 6.02. The van der Waals surface area contributed by atoms with E-state index in [1.807, 2.05) is 60.4 Å². The number of rotatable bonds is 8. The Hall–Kier alpha value is -2.57. The third-order valence-electron chi connectivity index (χ3n) is 5.91. The average Bonchev–Trinajstić information content (AvgIpc) is 3.29. The lowest BCUT2D eigenvalue weighted by molar-refractivity contribution is 0.0502. The zero-order valence-electron chi connectivity index (χ0n) is 17.7. The number of carbonyl (C=O) groups is 1. The van der Waals surface area contributed by atoms with Crippen LogP contribution >= 0.6 is 0 Å². The number of benzene rings is 2. The number of fused-ring (bicyclic) bond motifs is 1. The standard InChI is InChI=1S/C24H30N2O4/c1-24(18-8-5-9-19(16-18)30-17-20-10-6-15-29-20)25-22-12-4-3-11-21(22)23(27)26(24)13-7-14-28-2/h3-5,8-9,11-12,16,20,25H,6-7,10,13-15,17H2,1-2H3. The Morgan fingerprint density at radius 3 is 2.90 bits per heavy atom. The van der Waals surface area contributed by atoms with Crippen LogP contribution in [-0.4, -0.2) is 50.4 Å². The Balaban J connectivity index is 1.62. The summed E-state index contributed by atoms with van der Waals surface area (Å²) in [6.07, 6.45) is 3.05. The number of carbonyl (C=O) groups excluding carboxylic acids is 1. The van der Waals surface area contributed by atoms with Gasteiger partial charge in [-0.2, -0.15) is 0 Å². The fourth-order valence-corrected chi connectivity index (χ4v) is 4.23. The zero-order chi connectivity index (χ0) is 21.0. The number of amides is 1. The van der Waals surface area contributed by atoms with Crippen LogP contribution in [0.3, 0.4) is 0 Å². The molecule has 4 rings (SSSR count). The molecule has 1 N–H and O–H groups in total. The Kier molecular flexibility index (Phi) is 6.25. The summed E-state index contributed by atoms with van der Waals surface area (Å²) in [5, 5.41) is 3.61. The number of methoxy groups -OCH3 is 1. The van der Waals surface area contributed by atoms with Gasteiger partial charge in [0.15, 0.2) is 0 Å². The summed E-state index contributed by atoms with van der Waals surface area (Å²) >= 11 is 0. The van der Waals surface area contributed by atoms with Crippen molar-refractivity contribution in [2.24, 2.45) is 0 Å². The maximum Gasteiger partial charge on any atom is 0.258 e. The van der Waals surface area contributed by atoms with Crippen molar-refractivity contribution in [3.8, 4) is 5.75 Å². The number of ether oxygens (including phenoxy) is 3. The first-order valence-corrected chi connectivity index (χ1v) is 10.6. The van der Waals surface area contributed by atoms with Gasteiger partial charge in [0.1, 0.15) is 18.0 Å². The summed E-state index contributed by atoms with van der Waals surface area (Å²) in [6, 6.07) is 15.7. The van der Waals surface area contributed by atoms with Crippen molar-refractivity contribution in [2.75, 3.05) is 38.8 Å². The van der Waals surface area contributed by atoms with E-state index < -0.39 is 5.66 Å². The van der Waals surface area contributed by atoms with E-state index in [-0.39, 0.29) is 12.0 Å². The molecule has 0 spiro atoms. The lowest BCUT2D eigenvalue weighted by Gasteiger charge is -2.47. The molecule has 1 saturated heterocycles. The molecule has 30 heavy (non-hydrogen) atoms. The van der Waals surface area contributed by atoms with E-state index in [0.29, 0.717) is 25.3 Å². The molecule has 0 aromatic heterocycles. The van der Waals surface area contributed by atoms with Crippen molar-refractivity contribution >= 4 is 11.6 Å². The molecule has 2 aliphatic heterocycles. The number of anilines is 1. The van der Waals surface area contributed by atoms with Gasteiger partial charge in [-0.05, 0) is 50.5 Å². The maximum atomic E-state index is 13.4. The fraction of sp³-hybridized carbons (Fsp3) is 0.458. The summed E-state index contributed by atoms with van der Waals surface area (Å²) in [5.41, 5.74) is 1.83. The molecule has 160 valence electrons. The molecule has 2 heterocycles. The van der Waals surface area contributed by atoms with E-state index in [9.17, 15) is 4.79 Å². The molecule has 2 unspecified atom stereocenters. The van der Waals surface area contributed by atoms with Gasteiger partial charge in [-0.25, -0.2) is 0 Å². The van der Waals surface area contributed by atoms with Crippen molar-refractivity contribution in [2.45, 2.75) is 38.0 Å². The second-order valence-corrected chi connectivity index (χ2v) is 8.02. The molecule has 0 aliphatic carbocycles. The highest BCUT2D eigenvalue weighted by Crippen LogP contribution is 2.38. The van der Waals surface area contributed by atoms with Crippen LogP contribution < -0.4 is 10.1 Å². The molecule has 0 radical (unpaired) electrons. The van der Waals surface area contributed by atoms with E-state index in [1.54, 1.807) is 7.11 Å². The Bertz CT molecular complexity index is 881. The van der Waals surface area contributed by atoms with E-state index >= 15 is 0 Å².